The minimum absolute atomic E-state index is 0.0108. The molecule has 0 aromatic carbocycles. The molecule has 0 radical (unpaired) electrons. The molecular formula is C21H32N4O3. The first-order chi connectivity index (χ1) is 13.4. The summed E-state index contributed by atoms with van der Waals surface area (Å²) in [6, 6.07) is 0. The average Bonchev–Trinajstić information content (AvgIpc) is 2.70. The van der Waals surface area contributed by atoms with E-state index >= 15 is 0 Å². The van der Waals surface area contributed by atoms with Crippen molar-refractivity contribution in [3.8, 4) is 0 Å². The molecule has 2 saturated heterocycles. The molecule has 0 unspecified atom stereocenters. The Kier molecular flexibility index (Phi) is 6.65. The molecule has 0 bridgehead atoms. The van der Waals surface area contributed by atoms with E-state index in [9.17, 15) is 9.59 Å². The fraction of sp³-hybridized carbons (Fsp3) is 0.714. The maximum absolute atomic E-state index is 12.6. The van der Waals surface area contributed by atoms with Crippen molar-refractivity contribution in [2.45, 2.75) is 52.9 Å². The molecule has 3 heterocycles. The zero-order valence-electron chi connectivity index (χ0n) is 17.5. The van der Waals surface area contributed by atoms with Crippen molar-refractivity contribution >= 4 is 11.8 Å². The van der Waals surface area contributed by atoms with Gasteiger partial charge in [0.2, 0.25) is 11.8 Å². The summed E-state index contributed by atoms with van der Waals surface area (Å²) in [5.41, 5.74) is 2.67. The van der Waals surface area contributed by atoms with Gasteiger partial charge in [0.15, 0.2) is 0 Å². The summed E-state index contributed by atoms with van der Waals surface area (Å²) in [4.78, 5) is 38.3. The third kappa shape index (κ3) is 4.69. The van der Waals surface area contributed by atoms with Crippen LogP contribution in [0.1, 0.15) is 55.4 Å². The van der Waals surface area contributed by atoms with Crippen LogP contribution >= 0.6 is 0 Å². The van der Waals surface area contributed by atoms with Gasteiger partial charge in [-0.3, -0.25) is 9.59 Å². The fourth-order valence-electron chi connectivity index (χ4n) is 4.03. The highest BCUT2D eigenvalue weighted by Gasteiger charge is 2.28. The molecule has 2 amide bonds. The molecule has 3 rings (SSSR count). The summed E-state index contributed by atoms with van der Waals surface area (Å²) in [6.45, 7) is 11.8. The molecule has 1 aromatic heterocycles. The quantitative estimate of drug-likeness (QED) is 0.787. The first-order valence-corrected chi connectivity index (χ1v) is 10.3. The van der Waals surface area contributed by atoms with Gasteiger partial charge in [0.05, 0.1) is 19.6 Å². The van der Waals surface area contributed by atoms with Crippen LogP contribution in [0, 0.1) is 19.8 Å². The van der Waals surface area contributed by atoms with Crippen LogP contribution in [0.5, 0.6) is 0 Å². The summed E-state index contributed by atoms with van der Waals surface area (Å²) in [7, 11) is 0. The lowest BCUT2D eigenvalue weighted by molar-refractivity contribution is -0.136. The number of likely N-dealkylation sites (tertiary alicyclic amines) is 1. The number of carbonyl (C=O) groups is 2. The van der Waals surface area contributed by atoms with Crippen LogP contribution in [-0.4, -0.2) is 71.0 Å². The van der Waals surface area contributed by atoms with E-state index in [1.165, 1.54) is 0 Å². The Labute approximate surface area is 167 Å². The molecule has 28 heavy (non-hydrogen) atoms. The Morgan fingerprint density at radius 1 is 1.07 bits per heavy atom. The maximum atomic E-state index is 12.6. The molecule has 0 aliphatic carbocycles. The fourth-order valence-corrected chi connectivity index (χ4v) is 4.03. The van der Waals surface area contributed by atoms with Gasteiger partial charge in [0, 0.05) is 55.0 Å². The van der Waals surface area contributed by atoms with Gasteiger partial charge in [-0.15, -0.1) is 0 Å². The average molecular weight is 389 g/mol. The summed E-state index contributed by atoms with van der Waals surface area (Å²) >= 11 is 0. The van der Waals surface area contributed by atoms with Gasteiger partial charge in [-0.05, 0) is 26.7 Å². The van der Waals surface area contributed by atoms with Gasteiger partial charge in [0.25, 0.3) is 0 Å². The number of aryl methyl sites for hydroxylation is 2. The van der Waals surface area contributed by atoms with E-state index in [2.05, 4.69) is 0 Å². The minimum Gasteiger partial charge on any atom is -0.378 e. The molecule has 2 aliphatic heterocycles. The highest BCUT2D eigenvalue weighted by Crippen LogP contribution is 2.27. The first-order valence-electron chi connectivity index (χ1n) is 10.3. The molecule has 0 N–H and O–H groups in total. The Morgan fingerprint density at radius 3 is 2.32 bits per heavy atom. The second-order valence-electron chi connectivity index (χ2n) is 8.18. The van der Waals surface area contributed by atoms with Crippen molar-refractivity contribution < 1.29 is 14.3 Å². The molecule has 7 heteroatoms. The normalized spacial score (nSPS) is 20.5. The van der Waals surface area contributed by atoms with Crippen molar-refractivity contribution in [2.24, 2.45) is 5.92 Å². The standard InChI is InChI=1S/C21H32N4O3/c1-14(2)21(27)25-7-5-6-17(13-25)20-22-15(3)18(16(4)23-20)12-19(26)24-8-10-28-11-9-24/h14,17H,5-13H2,1-4H3/t17-/m0/s1. The number of morpholine rings is 1. The molecule has 0 spiro atoms. The van der Waals surface area contributed by atoms with Crippen LogP contribution in [-0.2, 0) is 20.7 Å². The Hall–Kier alpha value is -2.02. The van der Waals surface area contributed by atoms with Crippen LogP contribution in [0.25, 0.3) is 0 Å². The van der Waals surface area contributed by atoms with E-state index in [-0.39, 0.29) is 23.7 Å². The largest absolute Gasteiger partial charge is 0.378 e. The third-order valence-corrected chi connectivity index (χ3v) is 5.72. The highest BCUT2D eigenvalue weighted by molar-refractivity contribution is 5.79. The van der Waals surface area contributed by atoms with E-state index in [4.69, 9.17) is 14.7 Å². The van der Waals surface area contributed by atoms with Crippen molar-refractivity contribution in [1.82, 2.24) is 19.8 Å². The van der Waals surface area contributed by atoms with Crippen molar-refractivity contribution in [2.75, 3.05) is 39.4 Å². The SMILES string of the molecule is Cc1nc([C@H]2CCCN(C(=O)C(C)C)C2)nc(C)c1CC(=O)N1CCOCC1. The number of hydrogen-bond acceptors (Lipinski definition) is 5. The van der Waals surface area contributed by atoms with Crippen molar-refractivity contribution in [3.63, 3.8) is 0 Å². The lowest BCUT2D eigenvalue weighted by atomic mass is 9.95. The van der Waals surface area contributed by atoms with Crippen molar-refractivity contribution in [3.05, 3.63) is 22.8 Å². The molecular weight excluding hydrogens is 356 g/mol. The number of amides is 2. The number of carbonyl (C=O) groups excluding carboxylic acids is 2. The second kappa shape index (κ2) is 8.99. The summed E-state index contributed by atoms with van der Waals surface area (Å²) < 4.78 is 5.32. The number of piperidine rings is 1. The molecule has 1 atom stereocenters. The van der Waals surface area contributed by atoms with Gasteiger partial charge in [-0.1, -0.05) is 13.8 Å². The van der Waals surface area contributed by atoms with Crippen LogP contribution in [0.4, 0.5) is 0 Å². The van der Waals surface area contributed by atoms with Crippen LogP contribution in [0.2, 0.25) is 0 Å². The number of aromatic nitrogens is 2. The molecule has 2 fully saturated rings. The smallest absolute Gasteiger partial charge is 0.227 e. The van der Waals surface area contributed by atoms with E-state index < -0.39 is 0 Å². The zero-order valence-corrected chi connectivity index (χ0v) is 17.5. The van der Waals surface area contributed by atoms with Crippen LogP contribution in [0.15, 0.2) is 0 Å². The second-order valence-corrected chi connectivity index (χ2v) is 8.18. The van der Waals surface area contributed by atoms with Gasteiger partial charge in [0.1, 0.15) is 5.82 Å². The molecule has 0 saturated carbocycles. The number of ether oxygens (including phenoxy) is 1. The van der Waals surface area contributed by atoms with Crippen LogP contribution in [0.3, 0.4) is 0 Å². The molecule has 154 valence electrons. The predicted molar refractivity (Wildman–Crippen MR) is 106 cm³/mol. The Morgan fingerprint density at radius 2 is 1.71 bits per heavy atom. The molecule has 2 aliphatic rings. The lowest BCUT2D eigenvalue weighted by Gasteiger charge is -2.33. The lowest BCUT2D eigenvalue weighted by Crippen LogP contribution is -2.42. The maximum Gasteiger partial charge on any atom is 0.227 e. The van der Waals surface area contributed by atoms with Gasteiger partial charge in [-0.2, -0.15) is 0 Å². The third-order valence-electron chi connectivity index (χ3n) is 5.72. The minimum atomic E-state index is 0.0108. The Bertz CT molecular complexity index is 705. The summed E-state index contributed by atoms with van der Waals surface area (Å²) in [6.07, 6.45) is 2.30. The highest BCUT2D eigenvalue weighted by atomic mass is 16.5. The Balaban J connectivity index is 1.72. The first kappa shape index (κ1) is 20.7. The van der Waals surface area contributed by atoms with Crippen molar-refractivity contribution in [1.29, 1.82) is 0 Å². The van der Waals surface area contributed by atoms with E-state index in [1.807, 2.05) is 37.5 Å². The number of rotatable bonds is 4. The molecule has 1 aromatic rings. The van der Waals surface area contributed by atoms with Gasteiger partial charge in [-0.25, -0.2) is 9.97 Å². The topological polar surface area (TPSA) is 75.6 Å². The monoisotopic (exact) mass is 388 g/mol. The van der Waals surface area contributed by atoms with E-state index in [1.54, 1.807) is 0 Å². The van der Waals surface area contributed by atoms with Gasteiger partial charge < -0.3 is 14.5 Å². The predicted octanol–water partition coefficient (Wildman–Crippen LogP) is 1.86. The van der Waals surface area contributed by atoms with Crippen LogP contribution < -0.4 is 0 Å². The number of nitrogens with zero attached hydrogens (tertiary/aromatic N) is 4. The molecule has 7 nitrogen and oxygen atoms in total. The summed E-state index contributed by atoms with van der Waals surface area (Å²) in [5, 5.41) is 0. The number of hydrogen-bond donors (Lipinski definition) is 0. The summed E-state index contributed by atoms with van der Waals surface area (Å²) in [5.74, 6) is 1.29. The van der Waals surface area contributed by atoms with Gasteiger partial charge >= 0.3 is 0 Å². The zero-order chi connectivity index (χ0) is 20.3. The van der Waals surface area contributed by atoms with E-state index in [0.29, 0.717) is 39.3 Å². The van der Waals surface area contributed by atoms with E-state index in [0.717, 1.165) is 42.2 Å².